The van der Waals surface area contributed by atoms with Crippen LogP contribution in [0.15, 0.2) is 72.0 Å². The molecular weight excluding hydrogens is 398 g/mol. The van der Waals surface area contributed by atoms with Crippen molar-refractivity contribution in [3.63, 3.8) is 0 Å². The monoisotopic (exact) mass is 425 g/mol. The standard InChI is InChI=1S/C26H27N5O/c1-3-19(4-2)30-20-9-7-17(8-10-20)12-21-14-29-26(32)24-13-18(16-31(21)24)23-15-28-25-22(23)6-5-11-27-25/h5-11,13-16,19,30H,3-4,12H2,1-2H3,(H,27,28)(H,29,32). The molecule has 0 bridgehead atoms. The number of fused-ring (bicyclic) bond motifs is 2. The highest BCUT2D eigenvalue weighted by Crippen LogP contribution is 2.29. The fourth-order valence-electron chi connectivity index (χ4n) is 4.30. The second-order valence-corrected chi connectivity index (χ2v) is 8.23. The Kier molecular flexibility index (Phi) is 5.27. The van der Waals surface area contributed by atoms with Gasteiger partial charge < -0.3 is 19.7 Å². The molecule has 6 heteroatoms. The van der Waals surface area contributed by atoms with Crippen LogP contribution >= 0.6 is 0 Å². The van der Waals surface area contributed by atoms with E-state index in [1.54, 1.807) is 6.20 Å². The normalized spacial score (nSPS) is 11.6. The zero-order valence-corrected chi connectivity index (χ0v) is 18.4. The molecule has 0 saturated carbocycles. The first-order valence-electron chi connectivity index (χ1n) is 11.2. The smallest absolute Gasteiger partial charge is 0.272 e. The molecule has 0 spiro atoms. The SMILES string of the molecule is CCC(CC)Nc1ccc(Cc2c[nH]c(=O)c3cc(-c4c[nH]c5ncccc45)cn23)cc1. The molecule has 0 unspecified atom stereocenters. The van der Waals surface area contributed by atoms with Crippen LogP contribution in [-0.4, -0.2) is 25.4 Å². The summed E-state index contributed by atoms with van der Waals surface area (Å²) in [6.45, 7) is 4.41. The fourth-order valence-corrected chi connectivity index (χ4v) is 4.30. The van der Waals surface area contributed by atoms with E-state index in [2.05, 4.69) is 58.4 Å². The van der Waals surface area contributed by atoms with Crippen LogP contribution in [0.25, 0.3) is 27.7 Å². The number of rotatable bonds is 7. The Morgan fingerprint density at radius 3 is 2.66 bits per heavy atom. The molecule has 0 atom stereocenters. The summed E-state index contributed by atoms with van der Waals surface area (Å²) >= 11 is 0. The lowest BCUT2D eigenvalue weighted by Gasteiger charge is -2.16. The first-order valence-corrected chi connectivity index (χ1v) is 11.2. The quantitative estimate of drug-likeness (QED) is 0.328. The third kappa shape index (κ3) is 3.68. The number of pyridine rings is 1. The largest absolute Gasteiger partial charge is 0.382 e. The summed E-state index contributed by atoms with van der Waals surface area (Å²) in [4.78, 5) is 23.0. The molecule has 32 heavy (non-hydrogen) atoms. The number of nitrogens with zero attached hydrogens (tertiary/aromatic N) is 2. The molecule has 4 aromatic heterocycles. The third-order valence-electron chi connectivity index (χ3n) is 6.19. The number of aromatic amines is 2. The fraction of sp³-hybridized carbons (Fsp3) is 0.231. The van der Waals surface area contributed by atoms with E-state index >= 15 is 0 Å². The molecule has 0 aliphatic rings. The van der Waals surface area contributed by atoms with Gasteiger partial charge in [0, 0.05) is 65.1 Å². The average Bonchev–Trinajstić information content (AvgIpc) is 3.45. The van der Waals surface area contributed by atoms with E-state index in [0.29, 0.717) is 11.6 Å². The lowest BCUT2D eigenvalue weighted by Crippen LogP contribution is -2.16. The Morgan fingerprint density at radius 1 is 1.06 bits per heavy atom. The molecular formula is C26H27N5O. The number of hydrogen-bond acceptors (Lipinski definition) is 3. The first-order chi connectivity index (χ1) is 15.7. The molecule has 5 rings (SSSR count). The van der Waals surface area contributed by atoms with Gasteiger partial charge in [0.15, 0.2) is 0 Å². The minimum absolute atomic E-state index is 0.0947. The molecule has 0 aliphatic carbocycles. The molecule has 0 aliphatic heterocycles. The highest BCUT2D eigenvalue weighted by molar-refractivity contribution is 5.94. The van der Waals surface area contributed by atoms with Gasteiger partial charge in [-0.3, -0.25) is 4.79 Å². The van der Waals surface area contributed by atoms with Crippen LogP contribution in [0.1, 0.15) is 37.9 Å². The summed E-state index contributed by atoms with van der Waals surface area (Å²) in [6.07, 6.45) is 10.5. The van der Waals surface area contributed by atoms with Crippen LogP contribution in [0.5, 0.6) is 0 Å². The summed E-state index contributed by atoms with van der Waals surface area (Å²) in [5.41, 5.74) is 6.79. The van der Waals surface area contributed by atoms with E-state index in [9.17, 15) is 4.79 Å². The van der Waals surface area contributed by atoms with Crippen molar-refractivity contribution in [3.05, 3.63) is 88.9 Å². The second-order valence-electron chi connectivity index (χ2n) is 8.23. The van der Waals surface area contributed by atoms with Crippen molar-refractivity contribution in [2.75, 3.05) is 5.32 Å². The molecule has 0 amide bonds. The Bertz CT molecular complexity index is 1420. The third-order valence-corrected chi connectivity index (χ3v) is 6.19. The highest BCUT2D eigenvalue weighted by atomic mass is 16.1. The van der Waals surface area contributed by atoms with Crippen LogP contribution in [0, 0.1) is 0 Å². The summed E-state index contributed by atoms with van der Waals surface area (Å²) in [7, 11) is 0. The van der Waals surface area contributed by atoms with Crippen molar-refractivity contribution in [2.45, 2.75) is 39.2 Å². The number of aromatic nitrogens is 4. The maximum absolute atomic E-state index is 12.5. The van der Waals surface area contributed by atoms with Crippen LogP contribution < -0.4 is 10.9 Å². The topological polar surface area (TPSA) is 78.0 Å². The first kappa shape index (κ1) is 20.1. The van der Waals surface area contributed by atoms with Crippen molar-refractivity contribution in [1.82, 2.24) is 19.4 Å². The number of anilines is 1. The second kappa shape index (κ2) is 8.38. The lowest BCUT2D eigenvalue weighted by atomic mass is 10.1. The van der Waals surface area contributed by atoms with Crippen molar-refractivity contribution in [3.8, 4) is 11.1 Å². The van der Waals surface area contributed by atoms with Gasteiger partial charge in [0.1, 0.15) is 11.2 Å². The number of hydrogen-bond donors (Lipinski definition) is 3. The predicted octanol–water partition coefficient (Wildman–Crippen LogP) is 5.36. The Balaban J connectivity index is 1.47. The van der Waals surface area contributed by atoms with E-state index in [4.69, 9.17) is 0 Å². The molecule has 6 nitrogen and oxygen atoms in total. The summed E-state index contributed by atoms with van der Waals surface area (Å²) < 4.78 is 2.00. The lowest BCUT2D eigenvalue weighted by molar-refractivity contribution is 0.672. The van der Waals surface area contributed by atoms with Crippen molar-refractivity contribution in [2.24, 2.45) is 0 Å². The number of H-pyrrole nitrogens is 2. The van der Waals surface area contributed by atoms with Gasteiger partial charge in [0.05, 0.1) is 0 Å². The molecule has 5 aromatic rings. The Hall–Kier alpha value is -3.80. The highest BCUT2D eigenvalue weighted by Gasteiger charge is 2.13. The molecule has 0 saturated heterocycles. The van der Waals surface area contributed by atoms with Crippen LogP contribution in [0.2, 0.25) is 0 Å². The summed E-state index contributed by atoms with van der Waals surface area (Å²) in [5, 5.41) is 4.62. The van der Waals surface area contributed by atoms with Gasteiger partial charge in [0.2, 0.25) is 0 Å². The molecule has 4 heterocycles. The molecule has 0 fully saturated rings. The van der Waals surface area contributed by atoms with Gasteiger partial charge in [-0.05, 0) is 48.7 Å². The van der Waals surface area contributed by atoms with Gasteiger partial charge in [0.25, 0.3) is 5.56 Å². The minimum Gasteiger partial charge on any atom is -0.382 e. The maximum atomic E-state index is 12.5. The van der Waals surface area contributed by atoms with Gasteiger partial charge in [-0.25, -0.2) is 4.98 Å². The predicted molar refractivity (Wildman–Crippen MR) is 130 cm³/mol. The Labute approximate surface area is 186 Å². The average molecular weight is 426 g/mol. The van der Waals surface area contributed by atoms with E-state index in [1.165, 1.54) is 5.56 Å². The number of benzene rings is 1. The maximum Gasteiger partial charge on any atom is 0.272 e. The zero-order chi connectivity index (χ0) is 22.1. The van der Waals surface area contributed by atoms with Crippen molar-refractivity contribution in [1.29, 1.82) is 0 Å². The van der Waals surface area contributed by atoms with Crippen molar-refractivity contribution >= 4 is 22.2 Å². The molecule has 0 radical (unpaired) electrons. The van der Waals surface area contributed by atoms with E-state index in [-0.39, 0.29) is 5.56 Å². The van der Waals surface area contributed by atoms with Gasteiger partial charge in [-0.15, -0.1) is 0 Å². The van der Waals surface area contributed by atoms with Crippen LogP contribution in [0.3, 0.4) is 0 Å². The molecule has 1 aromatic carbocycles. The zero-order valence-electron chi connectivity index (χ0n) is 18.4. The van der Waals surface area contributed by atoms with Crippen LogP contribution in [-0.2, 0) is 6.42 Å². The van der Waals surface area contributed by atoms with Crippen molar-refractivity contribution < 1.29 is 0 Å². The van der Waals surface area contributed by atoms with E-state index < -0.39 is 0 Å². The van der Waals surface area contributed by atoms with Crippen LogP contribution in [0.4, 0.5) is 5.69 Å². The summed E-state index contributed by atoms with van der Waals surface area (Å²) in [5.74, 6) is 0. The minimum atomic E-state index is -0.0947. The van der Waals surface area contributed by atoms with Gasteiger partial charge in [-0.1, -0.05) is 26.0 Å². The number of nitrogens with one attached hydrogen (secondary N) is 3. The molecule has 162 valence electrons. The van der Waals surface area contributed by atoms with E-state index in [0.717, 1.165) is 52.8 Å². The van der Waals surface area contributed by atoms with E-state index in [1.807, 2.05) is 41.2 Å². The van der Waals surface area contributed by atoms with Gasteiger partial charge in [-0.2, -0.15) is 0 Å². The molecule has 3 N–H and O–H groups in total. The Morgan fingerprint density at radius 2 is 1.88 bits per heavy atom. The summed E-state index contributed by atoms with van der Waals surface area (Å²) in [6, 6.07) is 15.0. The van der Waals surface area contributed by atoms with Gasteiger partial charge >= 0.3 is 0 Å².